The molecule has 0 fully saturated rings. The van der Waals surface area contributed by atoms with E-state index in [-0.39, 0.29) is 27.9 Å². The smallest absolute Gasteiger partial charge is 0.422 e. The van der Waals surface area contributed by atoms with Crippen LogP contribution >= 0.6 is 11.6 Å². The van der Waals surface area contributed by atoms with Gasteiger partial charge < -0.3 is 14.8 Å². The number of benzene rings is 1. The van der Waals surface area contributed by atoms with Gasteiger partial charge in [-0.15, -0.1) is 0 Å². The number of nitrogens with one attached hydrogen (secondary N) is 1. The molecule has 0 radical (unpaired) electrons. The highest BCUT2D eigenvalue weighted by Crippen LogP contribution is 2.29. The predicted molar refractivity (Wildman–Crippen MR) is 81.8 cm³/mol. The third-order valence-electron chi connectivity index (χ3n) is 2.79. The summed E-state index contributed by atoms with van der Waals surface area (Å²) in [5, 5.41) is 2.29. The number of anilines is 1. The van der Waals surface area contributed by atoms with Crippen LogP contribution in [-0.2, 0) is 0 Å². The lowest BCUT2D eigenvalue weighted by atomic mass is 10.2. The Morgan fingerprint density at radius 3 is 2.50 bits per heavy atom. The Morgan fingerprint density at radius 2 is 1.96 bits per heavy atom. The Bertz CT molecular complexity index is 769. The quantitative estimate of drug-likeness (QED) is 0.729. The summed E-state index contributed by atoms with van der Waals surface area (Å²) in [6.45, 7) is -4.55. The molecule has 2 aromatic rings. The van der Waals surface area contributed by atoms with Gasteiger partial charge in [-0.3, -0.25) is 4.79 Å². The number of nitrogens with zero attached hydrogens (tertiary/aromatic N) is 1. The first kappa shape index (κ1) is 19.7. The molecule has 1 heterocycles. The van der Waals surface area contributed by atoms with Crippen molar-refractivity contribution in [2.45, 2.75) is 12.8 Å². The van der Waals surface area contributed by atoms with Crippen LogP contribution in [0, 0.1) is 0 Å². The van der Waals surface area contributed by atoms with Crippen LogP contribution in [0.25, 0.3) is 0 Å². The third-order valence-corrected chi connectivity index (χ3v) is 3.08. The number of rotatable bonds is 6. The van der Waals surface area contributed by atoms with Crippen molar-refractivity contribution >= 4 is 23.2 Å². The van der Waals surface area contributed by atoms with E-state index in [1.807, 2.05) is 0 Å². The summed E-state index contributed by atoms with van der Waals surface area (Å²) in [6, 6.07) is 5.95. The average molecular weight is 397 g/mol. The summed E-state index contributed by atoms with van der Waals surface area (Å²) in [7, 11) is 0. The number of carbonyl (C=O) groups excluding carboxylic acids is 1. The number of hydrogen-bond donors (Lipinski definition) is 1. The number of carbonyl (C=O) groups is 1. The topological polar surface area (TPSA) is 60.5 Å². The van der Waals surface area contributed by atoms with E-state index < -0.39 is 25.3 Å². The Labute approximate surface area is 148 Å². The van der Waals surface area contributed by atoms with Gasteiger partial charge >= 0.3 is 12.8 Å². The molecule has 1 aromatic heterocycles. The first-order valence-electron chi connectivity index (χ1n) is 6.85. The highest BCUT2D eigenvalue weighted by atomic mass is 35.5. The van der Waals surface area contributed by atoms with Gasteiger partial charge in [-0.25, -0.2) is 4.98 Å². The van der Waals surface area contributed by atoms with Crippen molar-refractivity contribution in [1.82, 2.24) is 4.98 Å². The van der Waals surface area contributed by atoms with Gasteiger partial charge in [0.25, 0.3) is 5.91 Å². The van der Waals surface area contributed by atoms with Gasteiger partial charge in [0.05, 0.1) is 10.6 Å². The molecule has 0 spiro atoms. The van der Waals surface area contributed by atoms with E-state index in [0.29, 0.717) is 0 Å². The number of aromatic nitrogens is 1. The predicted octanol–water partition coefficient (Wildman–Crippen LogP) is 4.53. The van der Waals surface area contributed by atoms with Gasteiger partial charge in [0.2, 0.25) is 5.88 Å². The number of hydrogen-bond acceptors (Lipinski definition) is 4. The molecule has 5 nitrogen and oxygen atoms in total. The van der Waals surface area contributed by atoms with Crippen LogP contribution in [0.15, 0.2) is 36.5 Å². The standard InChI is InChI=1S/C15H10ClF5N2O3/c16-10-5-9(2-3-11(10)26-14(17)18)23-13(24)8-1-4-12(22-6-8)25-7-15(19,20)21/h1-6,14H,7H2,(H,23,24). The Balaban J connectivity index is 2.00. The molecule has 11 heteroatoms. The zero-order chi connectivity index (χ0) is 19.3. The van der Waals surface area contributed by atoms with Crippen molar-refractivity contribution in [2.75, 3.05) is 11.9 Å². The first-order chi connectivity index (χ1) is 12.1. The zero-order valence-electron chi connectivity index (χ0n) is 12.7. The van der Waals surface area contributed by atoms with Crippen molar-refractivity contribution in [3.63, 3.8) is 0 Å². The van der Waals surface area contributed by atoms with Crippen LogP contribution in [0.2, 0.25) is 5.02 Å². The van der Waals surface area contributed by atoms with E-state index in [0.717, 1.165) is 18.3 Å². The minimum atomic E-state index is -4.50. The second-order valence-corrected chi connectivity index (χ2v) is 5.17. The van der Waals surface area contributed by atoms with Crippen molar-refractivity contribution < 1.29 is 36.2 Å². The van der Waals surface area contributed by atoms with E-state index in [9.17, 15) is 26.7 Å². The molecule has 1 amide bonds. The highest BCUT2D eigenvalue weighted by molar-refractivity contribution is 6.32. The fraction of sp³-hybridized carbons (Fsp3) is 0.200. The molecule has 0 aliphatic carbocycles. The van der Waals surface area contributed by atoms with Gasteiger partial charge in [0.15, 0.2) is 6.61 Å². The van der Waals surface area contributed by atoms with Crippen LogP contribution in [0.5, 0.6) is 11.6 Å². The van der Waals surface area contributed by atoms with Crippen LogP contribution in [0.1, 0.15) is 10.4 Å². The van der Waals surface area contributed by atoms with Crippen LogP contribution in [-0.4, -0.2) is 30.3 Å². The lowest BCUT2D eigenvalue weighted by Crippen LogP contribution is -2.19. The van der Waals surface area contributed by atoms with E-state index >= 15 is 0 Å². The van der Waals surface area contributed by atoms with Crippen LogP contribution in [0.4, 0.5) is 27.6 Å². The van der Waals surface area contributed by atoms with E-state index in [1.54, 1.807) is 0 Å². The number of ether oxygens (including phenoxy) is 2. The van der Waals surface area contributed by atoms with Crippen molar-refractivity contribution in [2.24, 2.45) is 0 Å². The number of alkyl halides is 5. The van der Waals surface area contributed by atoms with Gasteiger partial charge in [-0.05, 0) is 24.3 Å². The molecule has 140 valence electrons. The molecular weight excluding hydrogens is 387 g/mol. The monoisotopic (exact) mass is 396 g/mol. The number of halogens is 6. The van der Waals surface area contributed by atoms with Crippen molar-refractivity contribution in [1.29, 1.82) is 0 Å². The summed E-state index contributed by atoms with van der Waals surface area (Å²) >= 11 is 5.76. The summed E-state index contributed by atoms with van der Waals surface area (Å²) in [5.74, 6) is -1.19. The van der Waals surface area contributed by atoms with Gasteiger partial charge in [-0.1, -0.05) is 11.6 Å². The van der Waals surface area contributed by atoms with Gasteiger partial charge in [-0.2, -0.15) is 22.0 Å². The molecule has 26 heavy (non-hydrogen) atoms. The summed E-state index contributed by atoms with van der Waals surface area (Å²) in [6.07, 6.45) is -3.48. The Morgan fingerprint density at radius 1 is 1.23 bits per heavy atom. The molecule has 0 saturated carbocycles. The number of pyridine rings is 1. The summed E-state index contributed by atoms with van der Waals surface area (Å²) in [5.41, 5.74) is 0.229. The maximum atomic E-state index is 12.2. The van der Waals surface area contributed by atoms with Crippen LogP contribution in [0.3, 0.4) is 0 Å². The first-order valence-corrected chi connectivity index (χ1v) is 7.23. The molecule has 0 atom stereocenters. The minimum absolute atomic E-state index is 0.0355. The minimum Gasteiger partial charge on any atom is -0.468 e. The maximum Gasteiger partial charge on any atom is 0.422 e. The highest BCUT2D eigenvalue weighted by Gasteiger charge is 2.28. The lowest BCUT2D eigenvalue weighted by Gasteiger charge is -2.10. The normalized spacial score (nSPS) is 11.3. The summed E-state index contributed by atoms with van der Waals surface area (Å²) in [4.78, 5) is 15.6. The Hall–Kier alpha value is -2.62. The average Bonchev–Trinajstić information content (AvgIpc) is 2.55. The molecule has 0 saturated heterocycles. The number of amides is 1. The van der Waals surface area contributed by atoms with Crippen molar-refractivity contribution in [3.8, 4) is 11.6 Å². The van der Waals surface area contributed by atoms with E-state index in [1.165, 1.54) is 18.2 Å². The largest absolute Gasteiger partial charge is 0.468 e. The molecule has 0 aliphatic heterocycles. The van der Waals surface area contributed by atoms with Crippen molar-refractivity contribution in [3.05, 3.63) is 47.1 Å². The second kappa shape index (κ2) is 8.17. The molecule has 0 aliphatic rings. The Kier molecular flexibility index (Phi) is 6.19. The molecular formula is C15H10ClF5N2O3. The fourth-order valence-corrected chi connectivity index (χ4v) is 1.95. The maximum absolute atomic E-state index is 12.2. The molecule has 2 rings (SSSR count). The third kappa shape index (κ3) is 6.03. The van der Waals surface area contributed by atoms with E-state index in [4.69, 9.17) is 11.6 Å². The second-order valence-electron chi connectivity index (χ2n) is 4.77. The summed E-state index contributed by atoms with van der Waals surface area (Å²) < 4.78 is 69.0. The SMILES string of the molecule is O=C(Nc1ccc(OC(F)F)c(Cl)c1)c1ccc(OCC(F)(F)F)nc1. The molecule has 0 bridgehead atoms. The zero-order valence-corrected chi connectivity index (χ0v) is 13.4. The van der Waals surface area contributed by atoms with Crippen LogP contribution < -0.4 is 14.8 Å². The molecule has 1 aromatic carbocycles. The lowest BCUT2D eigenvalue weighted by molar-refractivity contribution is -0.154. The molecule has 0 unspecified atom stereocenters. The van der Waals surface area contributed by atoms with Gasteiger partial charge in [0, 0.05) is 18.0 Å². The van der Waals surface area contributed by atoms with E-state index in [2.05, 4.69) is 19.8 Å². The molecule has 1 N–H and O–H groups in total. The van der Waals surface area contributed by atoms with Gasteiger partial charge in [0.1, 0.15) is 5.75 Å². The fourth-order valence-electron chi connectivity index (χ4n) is 1.73.